The second-order valence-electron chi connectivity index (χ2n) is 4.58. The lowest BCUT2D eigenvalue weighted by Crippen LogP contribution is -2.33. The van der Waals surface area contributed by atoms with Crippen LogP contribution in [-0.2, 0) is 0 Å². The molecule has 0 aliphatic heterocycles. The van der Waals surface area contributed by atoms with E-state index in [-0.39, 0.29) is 0 Å². The average molecular weight is 195 g/mol. The van der Waals surface area contributed by atoms with Crippen LogP contribution >= 0.6 is 0 Å². The van der Waals surface area contributed by atoms with Gasteiger partial charge in [-0.05, 0) is 51.1 Å². The standard InChI is InChI=1S/C13H25N/c1-3-4-5-6-7-8-12-9-10-13(12)11-14-2/h3,12-14H,1,4-11H2,2H3. The van der Waals surface area contributed by atoms with Gasteiger partial charge in [-0.2, -0.15) is 0 Å². The number of nitrogens with one attached hydrogen (secondary N) is 1. The van der Waals surface area contributed by atoms with Gasteiger partial charge in [-0.1, -0.05) is 25.3 Å². The van der Waals surface area contributed by atoms with E-state index in [2.05, 4.69) is 18.9 Å². The number of hydrogen-bond donors (Lipinski definition) is 1. The van der Waals surface area contributed by atoms with E-state index in [0.29, 0.717) is 0 Å². The predicted molar refractivity (Wildman–Crippen MR) is 63.4 cm³/mol. The maximum atomic E-state index is 3.75. The molecule has 0 aromatic heterocycles. The maximum Gasteiger partial charge on any atom is -0.00209 e. The number of hydrogen-bond acceptors (Lipinski definition) is 1. The molecule has 0 spiro atoms. The van der Waals surface area contributed by atoms with Crippen molar-refractivity contribution in [1.82, 2.24) is 5.32 Å². The van der Waals surface area contributed by atoms with Crippen molar-refractivity contribution in [3.05, 3.63) is 12.7 Å². The summed E-state index contributed by atoms with van der Waals surface area (Å²) in [6.07, 6.45) is 11.8. The molecule has 82 valence electrons. The first-order chi connectivity index (χ1) is 6.88. The monoisotopic (exact) mass is 195 g/mol. The van der Waals surface area contributed by atoms with E-state index in [4.69, 9.17) is 0 Å². The van der Waals surface area contributed by atoms with Crippen LogP contribution in [-0.4, -0.2) is 13.6 Å². The highest BCUT2D eigenvalue weighted by atomic mass is 14.8. The number of rotatable bonds is 8. The van der Waals surface area contributed by atoms with Gasteiger partial charge in [0, 0.05) is 0 Å². The van der Waals surface area contributed by atoms with Gasteiger partial charge in [-0.15, -0.1) is 6.58 Å². The second-order valence-corrected chi connectivity index (χ2v) is 4.58. The lowest BCUT2D eigenvalue weighted by atomic mass is 9.71. The van der Waals surface area contributed by atoms with Crippen molar-refractivity contribution in [2.45, 2.75) is 44.9 Å². The van der Waals surface area contributed by atoms with E-state index in [1.165, 1.54) is 51.5 Å². The first-order valence-corrected chi connectivity index (χ1v) is 6.14. The summed E-state index contributed by atoms with van der Waals surface area (Å²) in [4.78, 5) is 0. The van der Waals surface area contributed by atoms with Crippen molar-refractivity contribution in [2.75, 3.05) is 13.6 Å². The average Bonchev–Trinajstić information content (AvgIpc) is 2.18. The van der Waals surface area contributed by atoms with Crippen LogP contribution < -0.4 is 5.32 Å². The highest BCUT2D eigenvalue weighted by Crippen LogP contribution is 2.37. The minimum atomic E-state index is 0.986. The zero-order valence-corrected chi connectivity index (χ0v) is 9.60. The van der Waals surface area contributed by atoms with E-state index >= 15 is 0 Å². The van der Waals surface area contributed by atoms with E-state index < -0.39 is 0 Å². The smallest absolute Gasteiger partial charge is 0.00209 e. The molecule has 0 aromatic carbocycles. The molecule has 1 N–H and O–H groups in total. The third-order valence-corrected chi connectivity index (χ3v) is 3.52. The summed E-state index contributed by atoms with van der Waals surface area (Å²) >= 11 is 0. The fourth-order valence-corrected chi connectivity index (χ4v) is 2.42. The summed E-state index contributed by atoms with van der Waals surface area (Å²) in [5.41, 5.74) is 0. The van der Waals surface area contributed by atoms with E-state index in [1.807, 2.05) is 6.08 Å². The minimum Gasteiger partial charge on any atom is -0.319 e. The Bertz CT molecular complexity index is 153. The van der Waals surface area contributed by atoms with Gasteiger partial charge in [0.05, 0.1) is 0 Å². The van der Waals surface area contributed by atoms with E-state index in [1.54, 1.807) is 0 Å². The quantitative estimate of drug-likeness (QED) is 0.462. The number of unbranched alkanes of at least 4 members (excludes halogenated alkanes) is 3. The van der Waals surface area contributed by atoms with Crippen molar-refractivity contribution in [3.8, 4) is 0 Å². The van der Waals surface area contributed by atoms with Gasteiger partial charge in [0.25, 0.3) is 0 Å². The van der Waals surface area contributed by atoms with Crippen LogP contribution in [0.3, 0.4) is 0 Å². The molecule has 1 heteroatoms. The van der Waals surface area contributed by atoms with Gasteiger partial charge in [0.2, 0.25) is 0 Å². The van der Waals surface area contributed by atoms with Crippen LogP contribution in [0.2, 0.25) is 0 Å². The molecule has 1 saturated carbocycles. The van der Waals surface area contributed by atoms with Gasteiger partial charge >= 0.3 is 0 Å². The van der Waals surface area contributed by atoms with Gasteiger partial charge in [-0.25, -0.2) is 0 Å². The molecule has 1 rings (SSSR count). The van der Waals surface area contributed by atoms with Gasteiger partial charge in [0.15, 0.2) is 0 Å². The molecule has 0 heterocycles. The Morgan fingerprint density at radius 2 is 2.00 bits per heavy atom. The molecular formula is C13H25N. The maximum absolute atomic E-state index is 3.75. The lowest BCUT2D eigenvalue weighted by molar-refractivity contribution is 0.159. The highest BCUT2D eigenvalue weighted by molar-refractivity contribution is 4.81. The first kappa shape index (κ1) is 11.8. The van der Waals surface area contributed by atoms with Gasteiger partial charge in [-0.3, -0.25) is 0 Å². The molecule has 1 aliphatic rings. The van der Waals surface area contributed by atoms with E-state index in [9.17, 15) is 0 Å². The van der Waals surface area contributed by atoms with Crippen molar-refractivity contribution in [1.29, 1.82) is 0 Å². The molecule has 2 unspecified atom stereocenters. The fourth-order valence-electron chi connectivity index (χ4n) is 2.42. The summed E-state index contributed by atoms with van der Waals surface area (Å²) in [7, 11) is 2.07. The van der Waals surface area contributed by atoms with E-state index in [0.717, 1.165) is 11.8 Å². The summed E-state index contributed by atoms with van der Waals surface area (Å²) in [6, 6.07) is 0. The molecule has 0 saturated heterocycles. The molecule has 0 amide bonds. The minimum absolute atomic E-state index is 0.986. The normalized spacial score (nSPS) is 25.8. The van der Waals surface area contributed by atoms with Crippen LogP contribution in [0, 0.1) is 11.8 Å². The summed E-state index contributed by atoms with van der Waals surface area (Å²) in [5, 5.41) is 3.30. The Morgan fingerprint density at radius 1 is 1.21 bits per heavy atom. The third-order valence-electron chi connectivity index (χ3n) is 3.52. The Kier molecular flexibility index (Phi) is 5.93. The van der Waals surface area contributed by atoms with Crippen LogP contribution in [0.15, 0.2) is 12.7 Å². The summed E-state index contributed by atoms with van der Waals surface area (Å²) < 4.78 is 0. The zero-order valence-electron chi connectivity index (χ0n) is 9.60. The Labute approximate surface area is 89.0 Å². The van der Waals surface area contributed by atoms with Crippen molar-refractivity contribution in [3.63, 3.8) is 0 Å². The summed E-state index contributed by atoms with van der Waals surface area (Å²) in [6.45, 7) is 4.98. The molecule has 14 heavy (non-hydrogen) atoms. The van der Waals surface area contributed by atoms with Crippen LogP contribution in [0.5, 0.6) is 0 Å². The Hall–Kier alpha value is -0.300. The molecule has 1 fully saturated rings. The first-order valence-electron chi connectivity index (χ1n) is 6.14. The molecule has 0 radical (unpaired) electrons. The Balaban J connectivity index is 1.93. The fraction of sp³-hybridized carbons (Fsp3) is 0.846. The number of allylic oxidation sites excluding steroid dienone is 1. The largest absolute Gasteiger partial charge is 0.319 e. The molecule has 0 bridgehead atoms. The Morgan fingerprint density at radius 3 is 2.57 bits per heavy atom. The molecule has 1 aliphatic carbocycles. The zero-order chi connectivity index (χ0) is 10.2. The van der Waals surface area contributed by atoms with Crippen LogP contribution in [0.1, 0.15) is 44.9 Å². The third kappa shape index (κ3) is 3.83. The SMILES string of the molecule is C=CCCCCCC1CCC1CNC. The second kappa shape index (κ2) is 7.05. The van der Waals surface area contributed by atoms with Crippen LogP contribution in [0.25, 0.3) is 0 Å². The molecule has 0 aromatic rings. The lowest BCUT2D eigenvalue weighted by Gasteiger charge is -2.36. The molecule has 2 atom stereocenters. The predicted octanol–water partition coefficient (Wildman–Crippen LogP) is 3.37. The highest BCUT2D eigenvalue weighted by Gasteiger charge is 2.28. The topological polar surface area (TPSA) is 12.0 Å². The van der Waals surface area contributed by atoms with Gasteiger partial charge in [0.1, 0.15) is 0 Å². The van der Waals surface area contributed by atoms with Crippen molar-refractivity contribution >= 4 is 0 Å². The summed E-state index contributed by atoms with van der Waals surface area (Å²) in [5.74, 6) is 2.02. The van der Waals surface area contributed by atoms with Crippen molar-refractivity contribution < 1.29 is 0 Å². The van der Waals surface area contributed by atoms with Crippen LogP contribution in [0.4, 0.5) is 0 Å². The van der Waals surface area contributed by atoms with Crippen molar-refractivity contribution in [2.24, 2.45) is 11.8 Å². The molecular weight excluding hydrogens is 170 g/mol. The molecule has 1 nitrogen and oxygen atoms in total. The van der Waals surface area contributed by atoms with Gasteiger partial charge < -0.3 is 5.32 Å².